The van der Waals surface area contributed by atoms with Gasteiger partial charge in [0, 0.05) is 6.54 Å². The van der Waals surface area contributed by atoms with Crippen molar-refractivity contribution in [2.45, 2.75) is 26.5 Å². The molecule has 0 aliphatic rings. The van der Waals surface area contributed by atoms with Crippen molar-refractivity contribution in [3.63, 3.8) is 0 Å². The summed E-state index contributed by atoms with van der Waals surface area (Å²) in [6.07, 6.45) is -0.946. The molecule has 1 aromatic carbocycles. The van der Waals surface area contributed by atoms with Gasteiger partial charge in [-0.25, -0.2) is 0 Å². The van der Waals surface area contributed by atoms with E-state index in [1.54, 1.807) is 6.07 Å². The van der Waals surface area contributed by atoms with E-state index in [1.165, 1.54) is 7.11 Å². The fourth-order valence-corrected chi connectivity index (χ4v) is 2.04. The predicted octanol–water partition coefficient (Wildman–Crippen LogP) is 1.83. The third kappa shape index (κ3) is 6.09. The van der Waals surface area contributed by atoms with Crippen LogP contribution in [-0.4, -0.2) is 43.2 Å². The van der Waals surface area contributed by atoms with Crippen LogP contribution in [0, 0.1) is 5.92 Å². The minimum Gasteiger partial charge on any atom is -0.493 e. The Morgan fingerprint density at radius 2 is 2.05 bits per heavy atom. The quantitative estimate of drug-likeness (QED) is 0.648. The Hall–Kier alpha value is -1.01. The van der Waals surface area contributed by atoms with Crippen LogP contribution in [-0.2, 0) is 6.54 Å². The molecule has 1 atom stereocenters. The Bertz CT molecular complexity index is 440. The lowest BCUT2D eigenvalue weighted by Gasteiger charge is -2.16. The third-order valence-corrected chi connectivity index (χ3v) is 3.08. The van der Waals surface area contributed by atoms with Gasteiger partial charge in [0.2, 0.25) is 0 Å². The first kappa shape index (κ1) is 18.0. The third-order valence-electron chi connectivity index (χ3n) is 2.80. The molecule has 0 bridgehead atoms. The molecule has 0 heterocycles. The molecule has 5 nitrogen and oxygen atoms in total. The fraction of sp³-hybridized carbons (Fsp3) is 0.600. The Morgan fingerprint density at radius 1 is 1.33 bits per heavy atom. The Morgan fingerprint density at radius 3 is 2.62 bits per heavy atom. The molecule has 0 aromatic heterocycles. The van der Waals surface area contributed by atoms with Crippen LogP contribution < -0.4 is 14.8 Å². The monoisotopic (exact) mass is 317 g/mol. The highest BCUT2D eigenvalue weighted by molar-refractivity contribution is 6.32. The summed E-state index contributed by atoms with van der Waals surface area (Å²) in [6.45, 7) is 5.48. The van der Waals surface area contributed by atoms with E-state index in [-0.39, 0.29) is 13.2 Å². The van der Waals surface area contributed by atoms with Gasteiger partial charge in [-0.2, -0.15) is 0 Å². The minimum atomic E-state index is -0.946. The maximum atomic E-state index is 9.33. The first-order chi connectivity index (χ1) is 9.97. The fourth-order valence-electron chi connectivity index (χ4n) is 1.75. The summed E-state index contributed by atoms with van der Waals surface area (Å²) in [7, 11) is 1.53. The Balaban J connectivity index is 2.76. The van der Waals surface area contributed by atoms with Gasteiger partial charge in [0.25, 0.3) is 0 Å². The molecule has 1 rings (SSSR count). The maximum Gasteiger partial charge on any atom is 0.179 e. The van der Waals surface area contributed by atoms with Gasteiger partial charge in [0.05, 0.1) is 18.7 Å². The van der Waals surface area contributed by atoms with Crippen molar-refractivity contribution < 1.29 is 19.7 Å². The largest absolute Gasteiger partial charge is 0.493 e. The lowest BCUT2D eigenvalue weighted by molar-refractivity contribution is 0.0527. The van der Waals surface area contributed by atoms with Crippen LogP contribution >= 0.6 is 11.6 Å². The molecular weight excluding hydrogens is 294 g/mol. The molecule has 0 aliphatic heterocycles. The van der Waals surface area contributed by atoms with Gasteiger partial charge in [0.1, 0.15) is 12.7 Å². The number of hydrogen-bond acceptors (Lipinski definition) is 5. The first-order valence-corrected chi connectivity index (χ1v) is 7.34. The van der Waals surface area contributed by atoms with E-state index in [0.717, 1.165) is 12.1 Å². The van der Waals surface area contributed by atoms with Crippen molar-refractivity contribution in [2.75, 3.05) is 26.9 Å². The lowest BCUT2D eigenvalue weighted by Crippen LogP contribution is -2.21. The highest BCUT2D eigenvalue weighted by Gasteiger charge is 2.14. The van der Waals surface area contributed by atoms with Crippen molar-refractivity contribution in [1.82, 2.24) is 5.32 Å². The molecule has 0 saturated heterocycles. The van der Waals surface area contributed by atoms with Gasteiger partial charge in [-0.05, 0) is 30.2 Å². The number of hydrogen-bond donors (Lipinski definition) is 3. The molecule has 0 fully saturated rings. The topological polar surface area (TPSA) is 71.0 Å². The summed E-state index contributed by atoms with van der Waals surface area (Å²) in [4.78, 5) is 0. The van der Waals surface area contributed by atoms with Gasteiger partial charge in [-0.3, -0.25) is 0 Å². The van der Waals surface area contributed by atoms with E-state index >= 15 is 0 Å². The van der Waals surface area contributed by atoms with Crippen LogP contribution in [0.25, 0.3) is 0 Å². The van der Waals surface area contributed by atoms with Crippen LogP contribution in [0.5, 0.6) is 11.5 Å². The molecule has 0 amide bonds. The van der Waals surface area contributed by atoms with Crippen molar-refractivity contribution in [3.8, 4) is 11.5 Å². The standard InChI is InChI=1S/C15H24ClNO4/c1-10(2)6-17-7-11-4-13(16)15(14(5-11)20-3)21-9-12(19)8-18/h4-5,10,12,17-19H,6-9H2,1-3H3. The predicted molar refractivity (Wildman–Crippen MR) is 83.1 cm³/mol. The molecule has 1 unspecified atom stereocenters. The van der Waals surface area contributed by atoms with Crippen molar-refractivity contribution >= 4 is 11.6 Å². The van der Waals surface area contributed by atoms with Crippen molar-refractivity contribution in [2.24, 2.45) is 5.92 Å². The summed E-state index contributed by atoms with van der Waals surface area (Å²) in [5.41, 5.74) is 0.993. The second-order valence-electron chi connectivity index (χ2n) is 5.28. The van der Waals surface area contributed by atoms with Crippen LogP contribution in [0.1, 0.15) is 19.4 Å². The summed E-state index contributed by atoms with van der Waals surface area (Å²) in [6, 6.07) is 3.65. The normalized spacial score (nSPS) is 12.5. The van der Waals surface area contributed by atoms with Gasteiger partial charge in [0.15, 0.2) is 11.5 Å². The van der Waals surface area contributed by atoms with Crippen LogP contribution in [0.2, 0.25) is 5.02 Å². The molecule has 21 heavy (non-hydrogen) atoms. The molecule has 1 aromatic rings. The zero-order chi connectivity index (χ0) is 15.8. The molecular formula is C15H24ClNO4. The number of aliphatic hydroxyl groups is 2. The number of benzene rings is 1. The summed E-state index contributed by atoms with van der Waals surface area (Å²) < 4.78 is 10.7. The summed E-state index contributed by atoms with van der Waals surface area (Å²) in [5, 5.41) is 21.9. The van der Waals surface area contributed by atoms with Gasteiger partial charge in [-0.15, -0.1) is 0 Å². The number of ether oxygens (including phenoxy) is 2. The highest BCUT2D eigenvalue weighted by atomic mass is 35.5. The minimum absolute atomic E-state index is 0.0441. The van der Waals surface area contributed by atoms with E-state index in [9.17, 15) is 5.11 Å². The number of rotatable bonds is 9. The van der Waals surface area contributed by atoms with E-state index in [4.69, 9.17) is 26.2 Å². The number of nitrogens with one attached hydrogen (secondary N) is 1. The molecule has 0 saturated carbocycles. The molecule has 120 valence electrons. The van der Waals surface area contributed by atoms with E-state index in [1.807, 2.05) is 6.07 Å². The summed E-state index contributed by atoms with van der Waals surface area (Å²) >= 11 is 6.20. The lowest BCUT2D eigenvalue weighted by atomic mass is 10.1. The number of halogens is 1. The first-order valence-electron chi connectivity index (χ1n) is 6.96. The Labute approximate surface area is 130 Å². The average Bonchev–Trinajstić information content (AvgIpc) is 2.44. The molecule has 3 N–H and O–H groups in total. The highest BCUT2D eigenvalue weighted by Crippen LogP contribution is 2.36. The zero-order valence-electron chi connectivity index (χ0n) is 12.7. The number of methoxy groups -OCH3 is 1. The molecule has 0 spiro atoms. The van der Waals surface area contributed by atoms with Crippen molar-refractivity contribution in [3.05, 3.63) is 22.7 Å². The summed E-state index contributed by atoms with van der Waals surface area (Å²) in [5.74, 6) is 1.46. The molecule has 0 radical (unpaired) electrons. The van der Waals surface area contributed by atoms with E-state index in [2.05, 4.69) is 19.2 Å². The average molecular weight is 318 g/mol. The zero-order valence-corrected chi connectivity index (χ0v) is 13.5. The molecule has 0 aliphatic carbocycles. The second kappa shape index (κ2) is 9.10. The van der Waals surface area contributed by atoms with Crippen molar-refractivity contribution in [1.29, 1.82) is 0 Å². The number of aliphatic hydroxyl groups excluding tert-OH is 2. The van der Waals surface area contributed by atoms with Crippen LogP contribution in [0.15, 0.2) is 12.1 Å². The van der Waals surface area contributed by atoms with Gasteiger partial charge >= 0.3 is 0 Å². The van der Waals surface area contributed by atoms with Crippen LogP contribution in [0.3, 0.4) is 0 Å². The second-order valence-corrected chi connectivity index (χ2v) is 5.69. The SMILES string of the molecule is COc1cc(CNCC(C)C)cc(Cl)c1OCC(O)CO. The van der Waals surface area contributed by atoms with E-state index in [0.29, 0.717) is 29.0 Å². The molecule has 6 heteroatoms. The van der Waals surface area contributed by atoms with Gasteiger partial charge in [-0.1, -0.05) is 25.4 Å². The smallest absolute Gasteiger partial charge is 0.179 e. The maximum absolute atomic E-state index is 9.33. The van der Waals surface area contributed by atoms with Gasteiger partial charge < -0.3 is 25.0 Å². The van der Waals surface area contributed by atoms with Crippen LogP contribution in [0.4, 0.5) is 0 Å². The Kier molecular flexibility index (Phi) is 7.82. The van der Waals surface area contributed by atoms with E-state index < -0.39 is 6.10 Å².